The molecule has 0 aliphatic rings. The number of halogens is 1. The van der Waals surface area contributed by atoms with Gasteiger partial charge in [-0.3, -0.25) is 4.79 Å². The van der Waals surface area contributed by atoms with Gasteiger partial charge < -0.3 is 4.57 Å². The molecule has 0 aliphatic carbocycles. The van der Waals surface area contributed by atoms with Crippen molar-refractivity contribution in [2.24, 2.45) is 0 Å². The summed E-state index contributed by atoms with van der Waals surface area (Å²) in [6.45, 7) is 2.81. The number of carbonyl (C=O) groups is 1. The molecule has 0 saturated heterocycles. The molecular weight excluding hydrogens is 222 g/mol. The van der Waals surface area contributed by atoms with Crippen molar-refractivity contribution in [1.29, 1.82) is 0 Å². The summed E-state index contributed by atoms with van der Waals surface area (Å²) in [5.41, 5.74) is 2.68. The fraction of sp³-hybridized carbons (Fsp3) is 0.154. The van der Waals surface area contributed by atoms with Crippen LogP contribution < -0.4 is 0 Å². The number of carbonyl (C=O) groups excluding carboxylic acids is 1. The first kappa shape index (κ1) is 11.0. The Bertz CT molecular complexity index is 499. The number of benzene rings is 1. The van der Waals surface area contributed by atoms with Crippen LogP contribution in [0.5, 0.6) is 0 Å². The predicted molar refractivity (Wildman–Crippen MR) is 65.9 cm³/mol. The molecule has 1 aromatic heterocycles. The van der Waals surface area contributed by atoms with Crippen LogP contribution in [0.4, 0.5) is 0 Å². The number of hydrogen-bond donors (Lipinski definition) is 0. The first-order valence-electron chi connectivity index (χ1n) is 5.16. The van der Waals surface area contributed by atoms with Crippen molar-refractivity contribution in [3.05, 3.63) is 47.2 Å². The highest BCUT2D eigenvalue weighted by molar-refractivity contribution is 6.30. The average Bonchev–Trinajstić information content (AvgIpc) is 2.72. The number of hydrogen-bond acceptors (Lipinski definition) is 1. The van der Waals surface area contributed by atoms with Gasteiger partial charge in [-0.15, -0.1) is 0 Å². The SMILES string of the molecule is CCn1ccc(-c2ccc(Cl)cc2)c1C=O. The molecule has 2 aromatic rings. The monoisotopic (exact) mass is 233 g/mol. The van der Waals surface area contributed by atoms with E-state index in [4.69, 9.17) is 11.6 Å². The maximum atomic E-state index is 11.1. The lowest BCUT2D eigenvalue weighted by molar-refractivity contribution is 0.111. The Hall–Kier alpha value is -1.54. The third kappa shape index (κ3) is 1.89. The summed E-state index contributed by atoms with van der Waals surface area (Å²) in [4.78, 5) is 11.1. The van der Waals surface area contributed by atoms with Gasteiger partial charge in [0.05, 0.1) is 5.69 Å². The minimum absolute atomic E-state index is 0.700. The summed E-state index contributed by atoms with van der Waals surface area (Å²) >= 11 is 5.83. The van der Waals surface area contributed by atoms with Crippen molar-refractivity contribution >= 4 is 17.9 Å². The van der Waals surface area contributed by atoms with E-state index in [1.165, 1.54) is 0 Å². The van der Waals surface area contributed by atoms with E-state index in [0.717, 1.165) is 24.0 Å². The Kier molecular flexibility index (Phi) is 3.11. The van der Waals surface area contributed by atoms with Gasteiger partial charge in [0.15, 0.2) is 6.29 Å². The molecule has 3 heteroatoms. The van der Waals surface area contributed by atoms with Crippen molar-refractivity contribution in [2.45, 2.75) is 13.5 Å². The van der Waals surface area contributed by atoms with E-state index >= 15 is 0 Å². The van der Waals surface area contributed by atoms with E-state index in [2.05, 4.69) is 0 Å². The van der Waals surface area contributed by atoms with Crippen molar-refractivity contribution < 1.29 is 4.79 Å². The average molecular weight is 234 g/mol. The number of nitrogens with zero attached hydrogens (tertiary/aromatic N) is 1. The van der Waals surface area contributed by atoms with Gasteiger partial charge in [-0.1, -0.05) is 23.7 Å². The first-order chi connectivity index (χ1) is 7.76. The molecule has 0 unspecified atom stereocenters. The highest BCUT2D eigenvalue weighted by Crippen LogP contribution is 2.25. The normalized spacial score (nSPS) is 10.4. The van der Waals surface area contributed by atoms with E-state index in [9.17, 15) is 4.79 Å². The zero-order chi connectivity index (χ0) is 11.5. The Morgan fingerprint density at radius 1 is 1.25 bits per heavy atom. The third-order valence-corrected chi connectivity index (χ3v) is 2.87. The van der Waals surface area contributed by atoms with Crippen LogP contribution in [-0.4, -0.2) is 10.9 Å². The summed E-state index contributed by atoms with van der Waals surface area (Å²) < 4.78 is 1.93. The van der Waals surface area contributed by atoms with Crippen LogP contribution in [-0.2, 0) is 6.54 Å². The third-order valence-electron chi connectivity index (χ3n) is 2.61. The largest absolute Gasteiger partial charge is 0.345 e. The smallest absolute Gasteiger partial charge is 0.167 e. The van der Waals surface area contributed by atoms with Crippen molar-refractivity contribution in [1.82, 2.24) is 4.57 Å². The molecule has 0 N–H and O–H groups in total. The molecule has 1 heterocycles. The second kappa shape index (κ2) is 4.54. The van der Waals surface area contributed by atoms with Crippen LogP contribution >= 0.6 is 11.6 Å². The molecule has 0 amide bonds. The molecule has 0 radical (unpaired) electrons. The minimum Gasteiger partial charge on any atom is -0.345 e. The number of aldehydes is 1. The molecule has 2 rings (SSSR count). The fourth-order valence-electron chi connectivity index (χ4n) is 1.77. The molecule has 16 heavy (non-hydrogen) atoms. The van der Waals surface area contributed by atoms with E-state index < -0.39 is 0 Å². The second-order valence-electron chi connectivity index (χ2n) is 3.53. The van der Waals surface area contributed by atoms with E-state index in [1.807, 2.05) is 48.0 Å². The van der Waals surface area contributed by atoms with E-state index in [1.54, 1.807) is 0 Å². The zero-order valence-electron chi connectivity index (χ0n) is 8.98. The van der Waals surface area contributed by atoms with Crippen LogP contribution in [0.15, 0.2) is 36.5 Å². The summed E-state index contributed by atoms with van der Waals surface area (Å²) in [7, 11) is 0. The van der Waals surface area contributed by atoms with Gasteiger partial charge in [-0.05, 0) is 30.7 Å². The van der Waals surface area contributed by atoms with Crippen LogP contribution in [0.25, 0.3) is 11.1 Å². The summed E-state index contributed by atoms with van der Waals surface area (Å²) in [6.07, 6.45) is 2.82. The highest BCUT2D eigenvalue weighted by atomic mass is 35.5. The molecule has 82 valence electrons. The van der Waals surface area contributed by atoms with E-state index in [-0.39, 0.29) is 0 Å². The first-order valence-corrected chi connectivity index (χ1v) is 5.54. The second-order valence-corrected chi connectivity index (χ2v) is 3.96. The topological polar surface area (TPSA) is 22.0 Å². The summed E-state index contributed by atoms with van der Waals surface area (Å²) in [5, 5.41) is 0.700. The standard InChI is InChI=1S/C13H12ClNO/c1-2-15-8-7-12(13(15)9-16)10-3-5-11(14)6-4-10/h3-9H,2H2,1H3. The molecule has 1 aromatic carbocycles. The van der Waals surface area contributed by atoms with Gasteiger partial charge in [0.1, 0.15) is 0 Å². The Morgan fingerprint density at radius 2 is 1.94 bits per heavy atom. The number of aryl methyl sites for hydroxylation is 1. The van der Waals surface area contributed by atoms with E-state index in [0.29, 0.717) is 10.7 Å². The van der Waals surface area contributed by atoms with Crippen LogP contribution in [0.3, 0.4) is 0 Å². The molecule has 0 saturated carbocycles. The number of rotatable bonds is 3. The molecule has 0 bridgehead atoms. The van der Waals surface area contributed by atoms with Gasteiger partial charge >= 0.3 is 0 Å². The Morgan fingerprint density at radius 3 is 2.50 bits per heavy atom. The van der Waals surface area contributed by atoms with Gasteiger partial charge in [-0.25, -0.2) is 0 Å². The molecule has 2 nitrogen and oxygen atoms in total. The Labute approximate surface area is 99.5 Å². The van der Waals surface area contributed by atoms with Crippen molar-refractivity contribution in [3.63, 3.8) is 0 Å². The molecule has 0 spiro atoms. The highest BCUT2D eigenvalue weighted by Gasteiger charge is 2.08. The molecule has 0 aliphatic heterocycles. The van der Waals surface area contributed by atoms with Crippen LogP contribution in [0, 0.1) is 0 Å². The maximum absolute atomic E-state index is 11.1. The van der Waals surface area contributed by atoms with Crippen molar-refractivity contribution in [3.8, 4) is 11.1 Å². The van der Waals surface area contributed by atoms with Gasteiger partial charge in [0.25, 0.3) is 0 Å². The number of aromatic nitrogens is 1. The summed E-state index contributed by atoms with van der Waals surface area (Å²) in [5.74, 6) is 0. The van der Waals surface area contributed by atoms with Crippen LogP contribution in [0.2, 0.25) is 5.02 Å². The quantitative estimate of drug-likeness (QED) is 0.742. The lowest BCUT2D eigenvalue weighted by atomic mass is 10.1. The van der Waals surface area contributed by atoms with Crippen molar-refractivity contribution in [2.75, 3.05) is 0 Å². The summed E-state index contributed by atoms with van der Waals surface area (Å²) in [6, 6.07) is 9.45. The molecular formula is C13H12ClNO. The van der Waals surface area contributed by atoms with Gasteiger partial charge in [-0.2, -0.15) is 0 Å². The lowest BCUT2D eigenvalue weighted by Crippen LogP contribution is -1.98. The molecule has 0 fully saturated rings. The predicted octanol–water partition coefficient (Wildman–Crippen LogP) is 3.64. The van der Waals surface area contributed by atoms with Crippen LogP contribution in [0.1, 0.15) is 17.4 Å². The maximum Gasteiger partial charge on any atom is 0.167 e. The lowest BCUT2D eigenvalue weighted by Gasteiger charge is -2.03. The van der Waals surface area contributed by atoms with Gasteiger partial charge in [0, 0.05) is 23.3 Å². The fourth-order valence-corrected chi connectivity index (χ4v) is 1.89. The van der Waals surface area contributed by atoms with Gasteiger partial charge in [0.2, 0.25) is 0 Å². The minimum atomic E-state index is 0.700. The molecule has 0 atom stereocenters. The zero-order valence-corrected chi connectivity index (χ0v) is 9.74. The Balaban J connectivity index is 2.51.